The topological polar surface area (TPSA) is 3.24 Å². The van der Waals surface area contributed by atoms with Crippen molar-refractivity contribution in [2.24, 2.45) is 0 Å². The molecule has 0 unspecified atom stereocenters. The molecule has 0 bridgehead atoms. The minimum atomic E-state index is 1.16. The second-order valence-corrected chi connectivity index (χ2v) is 11.5. The lowest BCUT2D eigenvalue weighted by Gasteiger charge is -2.27. The Morgan fingerprint density at radius 3 is 1.81 bits per heavy atom. The van der Waals surface area contributed by atoms with Crippen molar-refractivity contribution in [2.45, 2.75) is 0 Å². The molecule has 37 heavy (non-hydrogen) atoms. The highest BCUT2D eigenvalue weighted by molar-refractivity contribution is 7.26. The number of rotatable bonds is 3. The standard InChI is InChI=1S/C34H21NS2/c1-2-9-23(10-3-1)35(28-13-8-16-31-34(28)26-12-5-7-15-30(26)36-31)24-19-17-22-18-20-32-33(27(22)21-24)25-11-4-6-14-29(25)37-32/h1-21H. The molecule has 0 saturated carbocycles. The number of thiophene rings is 2. The van der Waals surface area contributed by atoms with Gasteiger partial charge in [-0.25, -0.2) is 0 Å². The Kier molecular flexibility index (Phi) is 4.63. The van der Waals surface area contributed by atoms with E-state index in [9.17, 15) is 0 Å². The average Bonchev–Trinajstić information content (AvgIpc) is 3.53. The molecule has 8 rings (SSSR count). The van der Waals surface area contributed by atoms with Crippen molar-refractivity contribution in [1.82, 2.24) is 0 Å². The van der Waals surface area contributed by atoms with Crippen LogP contribution in [0.25, 0.3) is 51.1 Å². The van der Waals surface area contributed by atoms with Crippen LogP contribution in [0, 0.1) is 0 Å². The molecule has 0 atom stereocenters. The molecule has 0 amide bonds. The number of fused-ring (bicyclic) bond motifs is 8. The monoisotopic (exact) mass is 507 g/mol. The summed E-state index contributed by atoms with van der Waals surface area (Å²) in [5.41, 5.74) is 3.54. The maximum Gasteiger partial charge on any atom is 0.0554 e. The molecule has 0 N–H and O–H groups in total. The number of para-hydroxylation sites is 1. The van der Waals surface area contributed by atoms with Gasteiger partial charge >= 0.3 is 0 Å². The molecule has 0 aliphatic carbocycles. The van der Waals surface area contributed by atoms with Crippen LogP contribution in [0.15, 0.2) is 127 Å². The molecular formula is C34H21NS2. The largest absolute Gasteiger partial charge is 0.310 e. The van der Waals surface area contributed by atoms with Crippen molar-refractivity contribution in [3.05, 3.63) is 127 Å². The summed E-state index contributed by atoms with van der Waals surface area (Å²) < 4.78 is 5.31. The van der Waals surface area contributed by atoms with Crippen LogP contribution in [0.1, 0.15) is 0 Å². The van der Waals surface area contributed by atoms with Crippen LogP contribution < -0.4 is 4.90 Å². The lowest BCUT2D eigenvalue weighted by Crippen LogP contribution is -2.10. The molecule has 0 spiro atoms. The molecule has 2 heterocycles. The molecule has 0 saturated heterocycles. The molecule has 0 aliphatic rings. The number of benzene rings is 6. The zero-order valence-corrected chi connectivity index (χ0v) is 21.5. The van der Waals surface area contributed by atoms with Crippen molar-refractivity contribution in [2.75, 3.05) is 4.90 Å². The Balaban J connectivity index is 1.46. The smallest absolute Gasteiger partial charge is 0.0554 e. The third-order valence-corrected chi connectivity index (χ3v) is 9.51. The first-order valence-corrected chi connectivity index (χ1v) is 14.1. The summed E-state index contributed by atoms with van der Waals surface area (Å²) in [6, 6.07) is 46.4. The Bertz CT molecular complexity index is 2100. The highest BCUT2D eigenvalue weighted by Gasteiger charge is 2.19. The van der Waals surface area contributed by atoms with Crippen molar-refractivity contribution in [1.29, 1.82) is 0 Å². The Morgan fingerprint density at radius 2 is 1.03 bits per heavy atom. The number of anilines is 3. The molecule has 2 aromatic heterocycles. The van der Waals surface area contributed by atoms with E-state index in [0.717, 1.165) is 5.69 Å². The van der Waals surface area contributed by atoms with Crippen LogP contribution in [0.2, 0.25) is 0 Å². The predicted octanol–water partition coefficient (Wildman–Crippen LogP) is 11.0. The zero-order chi connectivity index (χ0) is 24.3. The highest BCUT2D eigenvalue weighted by atomic mass is 32.1. The molecule has 0 radical (unpaired) electrons. The average molecular weight is 508 g/mol. The number of hydrogen-bond acceptors (Lipinski definition) is 3. The molecule has 0 fully saturated rings. The molecule has 8 aromatic rings. The van der Waals surface area contributed by atoms with Crippen LogP contribution in [0.3, 0.4) is 0 Å². The van der Waals surface area contributed by atoms with Gasteiger partial charge in [0.1, 0.15) is 0 Å². The minimum absolute atomic E-state index is 1.16. The van der Waals surface area contributed by atoms with E-state index in [1.165, 1.54) is 62.5 Å². The fourth-order valence-corrected chi connectivity index (χ4v) is 7.87. The van der Waals surface area contributed by atoms with Crippen molar-refractivity contribution in [3.8, 4) is 0 Å². The highest BCUT2D eigenvalue weighted by Crippen LogP contribution is 2.46. The molecule has 174 valence electrons. The first kappa shape index (κ1) is 21.0. The summed E-state index contributed by atoms with van der Waals surface area (Å²) in [6.45, 7) is 0. The van der Waals surface area contributed by atoms with Gasteiger partial charge < -0.3 is 4.90 Å². The van der Waals surface area contributed by atoms with Gasteiger partial charge in [0, 0.05) is 51.7 Å². The first-order chi connectivity index (χ1) is 18.3. The van der Waals surface area contributed by atoms with Crippen LogP contribution in [0.4, 0.5) is 17.1 Å². The summed E-state index contributed by atoms with van der Waals surface area (Å²) in [5, 5.41) is 7.88. The summed E-state index contributed by atoms with van der Waals surface area (Å²) in [6.07, 6.45) is 0. The predicted molar refractivity (Wildman–Crippen MR) is 164 cm³/mol. The zero-order valence-electron chi connectivity index (χ0n) is 19.9. The van der Waals surface area contributed by atoms with Gasteiger partial charge in [0.2, 0.25) is 0 Å². The van der Waals surface area contributed by atoms with Gasteiger partial charge in [-0.05, 0) is 65.4 Å². The second-order valence-electron chi connectivity index (χ2n) is 9.36. The normalized spacial score (nSPS) is 11.8. The molecule has 0 aliphatic heterocycles. The van der Waals surface area contributed by atoms with Crippen molar-refractivity contribution >= 4 is 90.9 Å². The first-order valence-electron chi connectivity index (χ1n) is 12.4. The molecule has 1 nitrogen and oxygen atoms in total. The van der Waals surface area contributed by atoms with Crippen molar-refractivity contribution in [3.63, 3.8) is 0 Å². The third kappa shape index (κ3) is 3.21. The fourth-order valence-electron chi connectivity index (χ4n) is 5.62. The Hall–Kier alpha value is -4.18. The maximum atomic E-state index is 2.42. The summed E-state index contributed by atoms with van der Waals surface area (Å²) in [4.78, 5) is 2.42. The lowest BCUT2D eigenvalue weighted by atomic mass is 10.0. The van der Waals surface area contributed by atoms with Crippen LogP contribution >= 0.6 is 22.7 Å². The van der Waals surface area contributed by atoms with E-state index in [2.05, 4.69) is 132 Å². The van der Waals surface area contributed by atoms with Gasteiger partial charge in [-0.2, -0.15) is 0 Å². The van der Waals surface area contributed by atoms with E-state index in [1.807, 2.05) is 22.7 Å². The van der Waals surface area contributed by atoms with Gasteiger partial charge in [0.05, 0.1) is 5.69 Å². The molecule has 3 heteroatoms. The number of nitrogens with zero attached hydrogens (tertiary/aromatic N) is 1. The Morgan fingerprint density at radius 1 is 0.405 bits per heavy atom. The SMILES string of the molecule is c1ccc(N(c2ccc3ccc4sc5ccccc5c4c3c2)c2cccc3sc4ccccc4c23)cc1. The summed E-state index contributed by atoms with van der Waals surface area (Å²) in [5.74, 6) is 0. The molecule has 6 aromatic carbocycles. The van der Waals surface area contributed by atoms with E-state index in [0.29, 0.717) is 0 Å². The van der Waals surface area contributed by atoms with Gasteiger partial charge in [0.25, 0.3) is 0 Å². The lowest BCUT2D eigenvalue weighted by molar-refractivity contribution is 1.31. The summed E-state index contributed by atoms with van der Waals surface area (Å²) in [7, 11) is 0. The summed E-state index contributed by atoms with van der Waals surface area (Å²) >= 11 is 3.74. The minimum Gasteiger partial charge on any atom is -0.310 e. The van der Waals surface area contributed by atoms with Gasteiger partial charge in [-0.1, -0.05) is 72.8 Å². The third-order valence-electron chi connectivity index (χ3n) is 7.24. The fraction of sp³-hybridized carbons (Fsp3) is 0. The van der Waals surface area contributed by atoms with Crippen molar-refractivity contribution < 1.29 is 0 Å². The quantitative estimate of drug-likeness (QED) is 0.230. The van der Waals surface area contributed by atoms with E-state index < -0.39 is 0 Å². The maximum absolute atomic E-state index is 2.42. The van der Waals surface area contributed by atoms with E-state index in [4.69, 9.17) is 0 Å². The van der Waals surface area contributed by atoms with Gasteiger partial charge in [-0.15, -0.1) is 22.7 Å². The second kappa shape index (κ2) is 8.17. The van der Waals surface area contributed by atoms with Crippen LogP contribution in [-0.2, 0) is 0 Å². The van der Waals surface area contributed by atoms with Gasteiger partial charge in [0.15, 0.2) is 0 Å². The van der Waals surface area contributed by atoms with E-state index in [-0.39, 0.29) is 0 Å². The van der Waals surface area contributed by atoms with Gasteiger partial charge in [-0.3, -0.25) is 0 Å². The van der Waals surface area contributed by atoms with Crippen LogP contribution in [-0.4, -0.2) is 0 Å². The molecular weight excluding hydrogens is 487 g/mol. The van der Waals surface area contributed by atoms with Crippen LogP contribution in [0.5, 0.6) is 0 Å². The van der Waals surface area contributed by atoms with E-state index >= 15 is 0 Å². The van der Waals surface area contributed by atoms with E-state index in [1.54, 1.807) is 0 Å². The Labute approximate surface area is 222 Å². The number of hydrogen-bond donors (Lipinski definition) is 0.